The molecule has 0 atom stereocenters. The van der Waals surface area contributed by atoms with Crippen LogP contribution in [-0.4, -0.2) is 16.1 Å². The van der Waals surface area contributed by atoms with Crippen molar-refractivity contribution < 1.29 is 0 Å². The summed E-state index contributed by atoms with van der Waals surface area (Å²) in [6.45, 7) is 17.1. The van der Waals surface area contributed by atoms with Gasteiger partial charge in [0.1, 0.15) is 0 Å². The summed E-state index contributed by atoms with van der Waals surface area (Å²) < 4.78 is 0. The molecule has 1 aliphatic rings. The average molecular weight is 468 g/mol. The quantitative estimate of drug-likeness (QED) is 0.307. The molecule has 0 spiro atoms. The van der Waals surface area contributed by atoms with Crippen LogP contribution < -0.4 is 10.4 Å². The molecule has 0 nitrogen and oxygen atoms in total. The Hall–Kier alpha value is -2.17. The first kappa shape index (κ1) is 24.0. The van der Waals surface area contributed by atoms with Crippen molar-refractivity contribution in [3.63, 3.8) is 0 Å². The van der Waals surface area contributed by atoms with E-state index in [-0.39, 0.29) is 0 Å². The van der Waals surface area contributed by atoms with E-state index in [9.17, 15) is 0 Å². The maximum atomic E-state index is 2.54. The topological polar surface area (TPSA) is 0 Å². The third-order valence-corrected chi connectivity index (χ3v) is 10.8. The smallest absolute Gasteiger partial charge is 0.0656 e. The lowest BCUT2D eigenvalue weighted by Crippen LogP contribution is -2.45. The maximum absolute atomic E-state index is 2.54. The van der Waals surface area contributed by atoms with Crippen LogP contribution in [-0.2, 0) is 0 Å². The highest BCUT2D eigenvalue weighted by Crippen LogP contribution is 2.42. The number of benzene rings is 3. The van der Waals surface area contributed by atoms with E-state index < -0.39 is 16.1 Å². The van der Waals surface area contributed by atoms with Crippen LogP contribution in [0.3, 0.4) is 0 Å². The van der Waals surface area contributed by atoms with Crippen molar-refractivity contribution in [1.82, 2.24) is 0 Å². The van der Waals surface area contributed by atoms with E-state index >= 15 is 0 Å². The van der Waals surface area contributed by atoms with Crippen LogP contribution in [0.5, 0.6) is 0 Å². The molecular formula is C31H39Si2. The van der Waals surface area contributed by atoms with Gasteiger partial charge in [0.15, 0.2) is 0 Å². The van der Waals surface area contributed by atoms with E-state index in [1.807, 2.05) is 0 Å². The Bertz CT molecular complexity index is 1140. The van der Waals surface area contributed by atoms with Gasteiger partial charge in [-0.15, -0.1) is 0 Å². The number of rotatable bonds is 7. The van der Waals surface area contributed by atoms with Gasteiger partial charge in [0.25, 0.3) is 0 Å². The Morgan fingerprint density at radius 2 is 1.33 bits per heavy atom. The predicted molar refractivity (Wildman–Crippen MR) is 154 cm³/mol. The summed E-state index contributed by atoms with van der Waals surface area (Å²) in [7, 11) is -2.92. The van der Waals surface area contributed by atoms with Gasteiger partial charge in [0.05, 0.1) is 16.1 Å². The van der Waals surface area contributed by atoms with E-state index in [2.05, 4.69) is 119 Å². The van der Waals surface area contributed by atoms with Crippen LogP contribution in [0, 0.1) is 6.42 Å². The molecular weight excluding hydrogens is 429 g/mol. The molecule has 4 rings (SSSR count). The summed E-state index contributed by atoms with van der Waals surface area (Å²) in [6, 6.07) is 23.2. The first-order valence-corrected chi connectivity index (χ1v) is 19.5. The molecule has 1 aliphatic carbocycles. The largest absolute Gasteiger partial charge is 0.0776 e. The van der Waals surface area contributed by atoms with Crippen LogP contribution in [0.4, 0.5) is 0 Å². The standard InChI is InChI=1S/C31H39Si2/c1-8-9-13-23-18-25-16-17-29(24-14-11-10-12-15-24)31(30(25)19-23)26-20-27(32(2,3)4)22-28(21-26)33(5,6)7/h10-12,14-22H,8-9,13H2,1-7H3. The minimum Gasteiger partial charge on any atom is -0.0656 e. The molecule has 0 fully saturated rings. The van der Waals surface area contributed by atoms with E-state index in [0.29, 0.717) is 0 Å². The van der Waals surface area contributed by atoms with Crippen molar-refractivity contribution in [3.05, 3.63) is 83.8 Å². The van der Waals surface area contributed by atoms with Gasteiger partial charge < -0.3 is 0 Å². The van der Waals surface area contributed by atoms with Gasteiger partial charge in [-0.05, 0) is 46.2 Å². The first-order valence-electron chi connectivity index (χ1n) is 12.5. The van der Waals surface area contributed by atoms with Crippen molar-refractivity contribution in [3.8, 4) is 22.3 Å². The Kier molecular flexibility index (Phi) is 6.71. The Morgan fingerprint density at radius 1 is 0.697 bits per heavy atom. The molecule has 2 heteroatoms. The van der Waals surface area contributed by atoms with Crippen molar-refractivity contribution in [2.45, 2.75) is 65.5 Å². The molecule has 3 aromatic rings. The maximum Gasteiger partial charge on any atom is 0.0776 e. The average Bonchev–Trinajstić information content (AvgIpc) is 3.19. The molecule has 0 unspecified atom stereocenters. The Labute approximate surface area is 203 Å². The predicted octanol–water partition coefficient (Wildman–Crippen LogP) is 8.25. The molecule has 0 saturated carbocycles. The number of hydrogen-bond acceptors (Lipinski definition) is 0. The third-order valence-electron chi connectivity index (χ3n) is 6.81. The van der Waals surface area contributed by atoms with Crippen molar-refractivity contribution in [1.29, 1.82) is 0 Å². The zero-order valence-corrected chi connectivity index (χ0v) is 23.5. The third kappa shape index (κ3) is 5.17. The molecule has 33 heavy (non-hydrogen) atoms. The van der Waals surface area contributed by atoms with Crippen LogP contribution in [0.1, 0.15) is 37.3 Å². The molecule has 0 amide bonds. The number of allylic oxidation sites excluding steroid dienone is 1. The van der Waals surface area contributed by atoms with Crippen LogP contribution in [0.25, 0.3) is 28.3 Å². The van der Waals surface area contributed by atoms with Gasteiger partial charge in [-0.2, -0.15) is 0 Å². The van der Waals surface area contributed by atoms with Crippen molar-refractivity contribution >= 4 is 32.6 Å². The minimum atomic E-state index is -1.46. The number of hydrogen-bond donors (Lipinski definition) is 0. The highest BCUT2D eigenvalue weighted by Gasteiger charge is 2.26. The molecule has 171 valence electrons. The van der Waals surface area contributed by atoms with E-state index in [1.54, 1.807) is 10.4 Å². The molecule has 0 aromatic heterocycles. The van der Waals surface area contributed by atoms with Gasteiger partial charge in [0.2, 0.25) is 0 Å². The Balaban J connectivity index is 2.01. The number of fused-ring (bicyclic) bond motifs is 1. The second kappa shape index (κ2) is 9.23. The molecule has 3 aromatic carbocycles. The highest BCUT2D eigenvalue weighted by molar-refractivity contribution is 6.91. The fourth-order valence-corrected chi connectivity index (χ4v) is 7.17. The fraction of sp³-hybridized carbons (Fsp3) is 0.323. The zero-order chi connectivity index (χ0) is 23.8. The summed E-state index contributed by atoms with van der Waals surface area (Å²) in [5.74, 6) is 0. The lowest BCUT2D eigenvalue weighted by atomic mass is 9.89. The van der Waals surface area contributed by atoms with E-state index in [4.69, 9.17) is 0 Å². The molecule has 1 radical (unpaired) electrons. The molecule has 0 heterocycles. The van der Waals surface area contributed by atoms with Gasteiger partial charge in [-0.3, -0.25) is 0 Å². The summed E-state index contributed by atoms with van der Waals surface area (Å²) in [6.07, 6.45) is 8.55. The summed E-state index contributed by atoms with van der Waals surface area (Å²) in [5.41, 5.74) is 9.75. The summed E-state index contributed by atoms with van der Waals surface area (Å²) >= 11 is 0. The lowest BCUT2D eigenvalue weighted by molar-refractivity contribution is 0.797. The molecule has 0 aliphatic heterocycles. The molecule has 0 bridgehead atoms. The SMILES string of the molecule is CCCCC1=Cc2c(ccc(-c3ccccc3)c2-c2cc([Si](C)(C)C)cc([Si](C)(C)C)c2)[CH]1. The van der Waals surface area contributed by atoms with Crippen molar-refractivity contribution in [2.75, 3.05) is 0 Å². The first-order chi connectivity index (χ1) is 15.6. The second-order valence-electron chi connectivity index (χ2n) is 11.6. The normalized spacial score (nSPS) is 13.7. The van der Waals surface area contributed by atoms with Crippen molar-refractivity contribution in [2.24, 2.45) is 0 Å². The van der Waals surface area contributed by atoms with Gasteiger partial charge in [0, 0.05) is 6.42 Å². The Morgan fingerprint density at radius 3 is 1.91 bits per heavy atom. The number of unbranched alkanes of at least 4 members (excludes halogenated alkanes) is 1. The van der Waals surface area contributed by atoms with Crippen LogP contribution in [0.2, 0.25) is 39.3 Å². The second-order valence-corrected chi connectivity index (χ2v) is 21.8. The lowest BCUT2D eigenvalue weighted by Gasteiger charge is -2.25. The van der Waals surface area contributed by atoms with Gasteiger partial charge >= 0.3 is 0 Å². The van der Waals surface area contributed by atoms with Gasteiger partial charge in [-0.25, -0.2) is 0 Å². The highest BCUT2D eigenvalue weighted by atomic mass is 28.3. The van der Waals surface area contributed by atoms with Crippen LogP contribution >= 0.6 is 0 Å². The van der Waals surface area contributed by atoms with E-state index in [1.165, 1.54) is 58.2 Å². The zero-order valence-electron chi connectivity index (χ0n) is 21.5. The fourth-order valence-electron chi connectivity index (χ4n) is 4.68. The minimum absolute atomic E-state index is 1.17. The van der Waals surface area contributed by atoms with Gasteiger partial charge in [-0.1, -0.05) is 135 Å². The monoisotopic (exact) mass is 467 g/mol. The van der Waals surface area contributed by atoms with Crippen LogP contribution in [0.15, 0.2) is 66.2 Å². The van der Waals surface area contributed by atoms with E-state index in [0.717, 1.165) is 0 Å². The summed E-state index contributed by atoms with van der Waals surface area (Å²) in [4.78, 5) is 0. The molecule has 0 N–H and O–H groups in total. The molecule has 0 saturated heterocycles. The summed E-state index contributed by atoms with van der Waals surface area (Å²) in [5, 5.41) is 3.15.